The molecular weight excluding hydrogens is 252 g/mol. The average molecular weight is 268 g/mol. The van der Waals surface area contributed by atoms with Crippen molar-refractivity contribution in [2.45, 2.75) is 25.3 Å². The maximum absolute atomic E-state index is 11.2. The van der Waals surface area contributed by atoms with Gasteiger partial charge in [0.2, 0.25) is 12.1 Å². The molecule has 0 N–H and O–H groups in total. The second-order valence-corrected chi connectivity index (χ2v) is 4.72. The van der Waals surface area contributed by atoms with Crippen LogP contribution in [0.15, 0.2) is 24.3 Å². The van der Waals surface area contributed by atoms with E-state index in [1.165, 1.54) is 21.0 Å². The second-order valence-electron chi connectivity index (χ2n) is 4.72. The fourth-order valence-corrected chi connectivity index (χ4v) is 1.93. The number of hydrogen-bond acceptors (Lipinski definition) is 5. The quantitative estimate of drug-likeness (QED) is 0.581. The highest BCUT2D eigenvalue weighted by atomic mass is 16.6. The summed E-state index contributed by atoms with van der Waals surface area (Å²) < 4.78 is 5.14. The third-order valence-corrected chi connectivity index (χ3v) is 3.17. The lowest BCUT2D eigenvalue weighted by atomic mass is 9.82. The van der Waals surface area contributed by atoms with E-state index in [0.29, 0.717) is 11.3 Å². The predicted octanol–water partition coefficient (Wildman–Crippen LogP) is 2.11. The summed E-state index contributed by atoms with van der Waals surface area (Å²) in [7, 11) is 1.43. The van der Waals surface area contributed by atoms with Crippen molar-refractivity contribution in [1.82, 2.24) is 0 Å². The second kappa shape index (κ2) is 5.64. The van der Waals surface area contributed by atoms with Gasteiger partial charge in [0.25, 0.3) is 0 Å². The fourth-order valence-electron chi connectivity index (χ4n) is 1.93. The monoisotopic (exact) mass is 268 g/mol. The lowest BCUT2D eigenvalue weighted by molar-refractivity contribution is -0.579. The first kappa shape index (κ1) is 14.9. The minimum Gasteiger partial charge on any atom is -0.496 e. The Hall–Kier alpha value is -2.18. The van der Waals surface area contributed by atoms with Gasteiger partial charge in [0, 0.05) is 29.3 Å². The summed E-state index contributed by atoms with van der Waals surface area (Å²) in [6, 6.07) is 6.65. The minimum absolute atomic E-state index is 0.421. The molecule has 1 aromatic rings. The number of hydrogen-bond donors (Lipinski definition) is 0. The molecule has 0 aliphatic heterocycles. The van der Waals surface area contributed by atoms with Crippen LogP contribution in [0, 0.1) is 20.2 Å². The molecule has 7 nitrogen and oxygen atoms in total. The van der Waals surface area contributed by atoms with Crippen molar-refractivity contribution in [3.05, 3.63) is 50.1 Å². The molecule has 0 bridgehead atoms. The molecular formula is C12H16N2O5. The number of rotatable bonds is 6. The molecule has 0 unspecified atom stereocenters. The van der Waals surface area contributed by atoms with E-state index in [-0.39, 0.29) is 0 Å². The lowest BCUT2D eigenvalue weighted by Gasteiger charge is -2.25. The molecule has 0 fully saturated rings. The van der Waals surface area contributed by atoms with Crippen molar-refractivity contribution >= 4 is 0 Å². The first-order valence-electron chi connectivity index (χ1n) is 5.70. The maximum atomic E-state index is 11.2. The largest absolute Gasteiger partial charge is 0.496 e. The van der Waals surface area contributed by atoms with Crippen LogP contribution in [0.4, 0.5) is 0 Å². The maximum Gasteiger partial charge on any atom is 0.230 e. The van der Waals surface area contributed by atoms with Gasteiger partial charge in [-0.15, -0.1) is 0 Å². The Balaban J connectivity index is 3.31. The molecule has 0 aromatic heterocycles. The molecule has 0 amide bonds. The van der Waals surface area contributed by atoms with E-state index in [1.807, 2.05) is 0 Å². The normalized spacial score (nSPS) is 12.8. The summed E-state index contributed by atoms with van der Waals surface area (Å²) in [5.41, 5.74) is -0.981. The van der Waals surface area contributed by atoms with E-state index in [9.17, 15) is 20.2 Å². The van der Waals surface area contributed by atoms with E-state index in [1.54, 1.807) is 24.3 Å². The smallest absolute Gasteiger partial charge is 0.230 e. The van der Waals surface area contributed by atoms with E-state index < -0.39 is 27.8 Å². The van der Waals surface area contributed by atoms with Gasteiger partial charge in [0.1, 0.15) is 11.7 Å². The fraction of sp³-hybridized carbons (Fsp3) is 0.500. The zero-order chi connectivity index (χ0) is 14.6. The van der Waals surface area contributed by atoms with Crippen LogP contribution in [-0.4, -0.2) is 29.0 Å². The highest BCUT2D eigenvalue weighted by molar-refractivity contribution is 5.37. The zero-order valence-corrected chi connectivity index (χ0v) is 11.0. The molecule has 1 atom stereocenters. The standard InChI is InChI=1S/C12H16N2O5/c1-12(2,14(17)18)10(8-13(15)16)9-6-4-5-7-11(9)19-3/h4-7,10H,8H2,1-3H3/t10-/m0/s1. The molecule has 1 rings (SSSR count). The van der Waals surface area contributed by atoms with E-state index in [0.717, 1.165) is 0 Å². The van der Waals surface area contributed by atoms with Gasteiger partial charge < -0.3 is 4.74 Å². The Bertz CT molecular complexity index is 487. The summed E-state index contributed by atoms with van der Waals surface area (Å²) in [6.45, 7) is 2.25. The summed E-state index contributed by atoms with van der Waals surface area (Å²) in [4.78, 5) is 20.9. The Kier molecular flexibility index (Phi) is 4.42. The van der Waals surface area contributed by atoms with Crippen LogP contribution in [-0.2, 0) is 0 Å². The van der Waals surface area contributed by atoms with Gasteiger partial charge in [-0.1, -0.05) is 18.2 Å². The number of ether oxygens (including phenoxy) is 1. The molecule has 0 saturated heterocycles. The Morgan fingerprint density at radius 3 is 2.32 bits per heavy atom. The van der Waals surface area contributed by atoms with Crippen LogP contribution in [0.2, 0.25) is 0 Å². The summed E-state index contributed by atoms with van der Waals surface area (Å²) in [5, 5.41) is 22.0. The van der Waals surface area contributed by atoms with Gasteiger partial charge in [0.15, 0.2) is 0 Å². The molecule has 0 heterocycles. The summed E-state index contributed by atoms with van der Waals surface area (Å²) in [6.07, 6.45) is 0. The molecule has 0 aliphatic rings. The SMILES string of the molecule is COc1ccccc1[C@H](C[N+](=O)[O-])C(C)(C)[N+](=O)[O-]. The highest BCUT2D eigenvalue weighted by Crippen LogP contribution is 2.36. The molecule has 104 valence electrons. The predicted molar refractivity (Wildman–Crippen MR) is 68.7 cm³/mol. The van der Waals surface area contributed by atoms with Crippen LogP contribution in [0.25, 0.3) is 0 Å². The van der Waals surface area contributed by atoms with Gasteiger partial charge in [0.05, 0.1) is 7.11 Å². The van der Waals surface area contributed by atoms with Crippen LogP contribution in [0.5, 0.6) is 5.75 Å². The zero-order valence-electron chi connectivity index (χ0n) is 11.0. The number of methoxy groups -OCH3 is 1. The van der Waals surface area contributed by atoms with Crippen molar-refractivity contribution < 1.29 is 14.6 Å². The van der Waals surface area contributed by atoms with Crippen LogP contribution < -0.4 is 4.74 Å². The Morgan fingerprint density at radius 1 is 1.26 bits per heavy atom. The van der Waals surface area contributed by atoms with Crippen molar-refractivity contribution in [1.29, 1.82) is 0 Å². The third-order valence-electron chi connectivity index (χ3n) is 3.17. The minimum atomic E-state index is -1.46. The number of nitro groups is 2. The van der Waals surface area contributed by atoms with Crippen LogP contribution in [0.3, 0.4) is 0 Å². The van der Waals surface area contributed by atoms with Crippen molar-refractivity contribution in [2.75, 3.05) is 13.7 Å². The van der Waals surface area contributed by atoms with Crippen LogP contribution >= 0.6 is 0 Å². The molecule has 19 heavy (non-hydrogen) atoms. The first-order chi connectivity index (χ1) is 8.80. The summed E-state index contributed by atoms with van der Waals surface area (Å²) in [5.74, 6) is -0.446. The molecule has 0 spiro atoms. The third kappa shape index (κ3) is 3.18. The first-order valence-corrected chi connectivity index (χ1v) is 5.70. The Labute approximate surface area is 110 Å². The average Bonchev–Trinajstić information content (AvgIpc) is 2.35. The number of nitrogens with zero attached hydrogens (tertiary/aromatic N) is 2. The van der Waals surface area contributed by atoms with Crippen molar-refractivity contribution in [2.24, 2.45) is 0 Å². The van der Waals surface area contributed by atoms with E-state index in [2.05, 4.69) is 0 Å². The molecule has 0 saturated carbocycles. The van der Waals surface area contributed by atoms with Gasteiger partial charge in [-0.2, -0.15) is 0 Å². The molecule has 0 radical (unpaired) electrons. The lowest BCUT2D eigenvalue weighted by Crippen LogP contribution is -2.41. The molecule has 0 aliphatic carbocycles. The van der Waals surface area contributed by atoms with Crippen LogP contribution in [0.1, 0.15) is 25.3 Å². The van der Waals surface area contributed by atoms with Gasteiger partial charge >= 0.3 is 0 Å². The van der Waals surface area contributed by atoms with Gasteiger partial charge in [-0.05, 0) is 6.07 Å². The van der Waals surface area contributed by atoms with E-state index in [4.69, 9.17) is 4.74 Å². The summed E-state index contributed by atoms with van der Waals surface area (Å²) >= 11 is 0. The molecule has 1 aromatic carbocycles. The van der Waals surface area contributed by atoms with Crippen molar-refractivity contribution in [3.63, 3.8) is 0 Å². The van der Waals surface area contributed by atoms with Crippen molar-refractivity contribution in [3.8, 4) is 5.75 Å². The van der Waals surface area contributed by atoms with Gasteiger partial charge in [-0.25, -0.2) is 0 Å². The Morgan fingerprint density at radius 2 is 1.84 bits per heavy atom. The topological polar surface area (TPSA) is 95.5 Å². The number of para-hydroxylation sites is 1. The molecule has 7 heteroatoms. The van der Waals surface area contributed by atoms with Gasteiger partial charge in [-0.3, -0.25) is 20.2 Å². The van der Waals surface area contributed by atoms with E-state index >= 15 is 0 Å². The number of benzene rings is 1. The highest BCUT2D eigenvalue weighted by Gasteiger charge is 2.46.